The Balaban J connectivity index is 0.000000487. The Morgan fingerprint density at radius 1 is 1.31 bits per heavy atom. The highest BCUT2D eigenvalue weighted by atomic mass is 16.1. The third-order valence-electron chi connectivity index (χ3n) is 2.72. The van der Waals surface area contributed by atoms with E-state index in [1.807, 2.05) is 6.92 Å². The number of nitrogens with two attached hydrogens (primary N) is 2. The molecule has 1 rings (SSSR count). The van der Waals surface area contributed by atoms with Crippen molar-refractivity contribution in [3.05, 3.63) is 0 Å². The van der Waals surface area contributed by atoms with Gasteiger partial charge in [0.05, 0.1) is 6.54 Å². The Labute approximate surface area is 99.4 Å². The topological polar surface area (TPSA) is 72.3 Å². The van der Waals surface area contributed by atoms with E-state index in [0.717, 1.165) is 38.9 Å². The number of ketones is 1. The zero-order valence-corrected chi connectivity index (χ0v) is 10.7. The van der Waals surface area contributed by atoms with Crippen molar-refractivity contribution in [2.24, 2.45) is 11.5 Å². The van der Waals surface area contributed by atoms with E-state index < -0.39 is 0 Å². The average molecular weight is 229 g/mol. The number of rotatable bonds is 4. The molecular weight excluding hydrogens is 202 g/mol. The molecule has 0 amide bonds. The van der Waals surface area contributed by atoms with E-state index in [4.69, 9.17) is 11.5 Å². The Morgan fingerprint density at radius 3 is 2.19 bits per heavy atom. The Bertz CT molecular complexity index is 175. The molecule has 0 bridgehead atoms. The maximum atomic E-state index is 11.1. The fourth-order valence-corrected chi connectivity index (χ4v) is 1.47. The second-order valence-corrected chi connectivity index (χ2v) is 4.29. The van der Waals surface area contributed by atoms with Crippen LogP contribution in [0.3, 0.4) is 0 Å². The first-order chi connectivity index (χ1) is 7.63. The molecule has 0 aromatic carbocycles. The maximum absolute atomic E-state index is 11.1. The summed E-state index contributed by atoms with van der Waals surface area (Å²) in [4.78, 5) is 13.3. The molecule has 1 fully saturated rings. The van der Waals surface area contributed by atoms with Crippen LogP contribution in [0.1, 0.15) is 39.5 Å². The number of piperidine rings is 1. The summed E-state index contributed by atoms with van der Waals surface area (Å²) in [5.74, 6) is 0.338. The number of likely N-dealkylation sites (tertiary alicyclic amines) is 1. The van der Waals surface area contributed by atoms with E-state index in [-0.39, 0.29) is 0 Å². The molecule has 0 unspecified atom stereocenters. The fraction of sp³-hybridized carbons (Fsp3) is 0.917. The predicted octanol–water partition coefficient (Wildman–Crippen LogP) is 0.744. The molecule has 1 heterocycles. The summed E-state index contributed by atoms with van der Waals surface area (Å²) in [6.07, 6.45) is 3.83. The van der Waals surface area contributed by atoms with Crippen molar-refractivity contribution in [3.63, 3.8) is 0 Å². The van der Waals surface area contributed by atoms with Crippen LogP contribution in [0.5, 0.6) is 0 Å². The number of carbonyl (C=O) groups excluding carboxylic acids is 1. The van der Waals surface area contributed by atoms with Gasteiger partial charge in [0, 0.05) is 25.6 Å². The van der Waals surface area contributed by atoms with Crippen LogP contribution in [0.25, 0.3) is 0 Å². The van der Waals surface area contributed by atoms with Gasteiger partial charge < -0.3 is 11.5 Å². The lowest BCUT2D eigenvalue weighted by molar-refractivity contribution is -0.120. The van der Waals surface area contributed by atoms with Gasteiger partial charge in [-0.1, -0.05) is 13.8 Å². The van der Waals surface area contributed by atoms with Crippen LogP contribution in [0, 0.1) is 0 Å². The van der Waals surface area contributed by atoms with Crippen molar-refractivity contribution < 1.29 is 4.79 Å². The van der Waals surface area contributed by atoms with Crippen LogP contribution >= 0.6 is 0 Å². The monoisotopic (exact) mass is 229 g/mol. The highest BCUT2D eigenvalue weighted by Gasteiger charge is 2.16. The first-order valence-corrected chi connectivity index (χ1v) is 6.33. The molecule has 0 spiro atoms. The highest BCUT2D eigenvalue weighted by molar-refractivity contribution is 5.80. The first kappa shape index (κ1) is 15.6. The molecule has 16 heavy (non-hydrogen) atoms. The van der Waals surface area contributed by atoms with Gasteiger partial charge in [0.25, 0.3) is 0 Å². The molecule has 0 radical (unpaired) electrons. The molecule has 96 valence electrons. The number of hydrogen-bond acceptors (Lipinski definition) is 4. The maximum Gasteiger partial charge on any atom is 0.146 e. The summed E-state index contributed by atoms with van der Waals surface area (Å²) >= 11 is 0. The molecule has 0 saturated carbocycles. The lowest BCUT2D eigenvalue weighted by Gasteiger charge is -2.29. The minimum atomic E-state index is 0.338. The van der Waals surface area contributed by atoms with Gasteiger partial charge >= 0.3 is 0 Å². The molecule has 4 N–H and O–H groups in total. The normalized spacial score (nSPS) is 17.8. The Kier molecular flexibility index (Phi) is 9.48. The smallest absolute Gasteiger partial charge is 0.146 e. The van der Waals surface area contributed by atoms with Crippen LogP contribution in [0.4, 0.5) is 0 Å². The molecule has 0 aliphatic carbocycles. The standard InChI is InChI=1S/C9H18N2O.C3H9N/c1-2-9(12)7-11-5-3-8(10)4-6-11;1-2-3-4/h8H,2-7,10H2,1H3;2-4H2,1H3. The average Bonchev–Trinajstić information content (AvgIpc) is 2.32. The van der Waals surface area contributed by atoms with Crippen molar-refractivity contribution >= 4 is 5.78 Å². The quantitative estimate of drug-likeness (QED) is 0.746. The number of nitrogens with zero attached hydrogens (tertiary/aromatic N) is 1. The molecular formula is C12H27N3O. The lowest BCUT2D eigenvalue weighted by Crippen LogP contribution is -2.41. The van der Waals surface area contributed by atoms with Crippen LogP contribution in [0.2, 0.25) is 0 Å². The summed E-state index contributed by atoms with van der Waals surface area (Å²) in [5, 5.41) is 0. The van der Waals surface area contributed by atoms with E-state index in [0.29, 0.717) is 24.8 Å². The zero-order chi connectivity index (χ0) is 12.4. The van der Waals surface area contributed by atoms with Crippen molar-refractivity contribution in [2.75, 3.05) is 26.2 Å². The minimum absolute atomic E-state index is 0.338. The molecule has 4 heteroatoms. The van der Waals surface area contributed by atoms with Crippen molar-refractivity contribution in [2.45, 2.75) is 45.6 Å². The van der Waals surface area contributed by atoms with Gasteiger partial charge in [0.15, 0.2) is 0 Å². The van der Waals surface area contributed by atoms with Gasteiger partial charge in [-0.15, -0.1) is 0 Å². The molecule has 4 nitrogen and oxygen atoms in total. The Hall–Kier alpha value is -0.450. The molecule has 1 aliphatic heterocycles. The van der Waals surface area contributed by atoms with Gasteiger partial charge in [-0.3, -0.25) is 9.69 Å². The molecule has 1 aliphatic rings. The minimum Gasteiger partial charge on any atom is -0.330 e. The number of hydrogen-bond donors (Lipinski definition) is 2. The summed E-state index contributed by atoms with van der Waals surface area (Å²) in [6.45, 7) is 7.40. The van der Waals surface area contributed by atoms with Gasteiger partial charge in [-0.2, -0.15) is 0 Å². The summed E-state index contributed by atoms with van der Waals surface area (Å²) < 4.78 is 0. The van der Waals surface area contributed by atoms with Crippen LogP contribution in [-0.2, 0) is 4.79 Å². The van der Waals surface area contributed by atoms with E-state index >= 15 is 0 Å². The van der Waals surface area contributed by atoms with Gasteiger partial charge in [-0.25, -0.2) is 0 Å². The lowest BCUT2D eigenvalue weighted by atomic mass is 10.1. The number of carbonyl (C=O) groups is 1. The van der Waals surface area contributed by atoms with Crippen molar-refractivity contribution in [1.29, 1.82) is 0 Å². The van der Waals surface area contributed by atoms with Crippen molar-refractivity contribution in [1.82, 2.24) is 4.90 Å². The molecule has 0 aromatic heterocycles. The largest absolute Gasteiger partial charge is 0.330 e. The van der Waals surface area contributed by atoms with E-state index in [9.17, 15) is 4.79 Å². The summed E-state index contributed by atoms with van der Waals surface area (Å²) in [5.41, 5.74) is 10.8. The number of Topliss-reactive ketones (excluding diaryl/α,β-unsaturated/α-hetero) is 1. The second kappa shape index (κ2) is 9.75. The van der Waals surface area contributed by atoms with E-state index in [1.165, 1.54) is 0 Å². The SMILES string of the molecule is CCC(=O)CN1CCC(N)CC1.CCCN. The van der Waals surface area contributed by atoms with Gasteiger partial charge in [0.1, 0.15) is 5.78 Å². The Morgan fingerprint density at radius 2 is 1.81 bits per heavy atom. The summed E-state index contributed by atoms with van der Waals surface area (Å²) in [7, 11) is 0. The molecule has 0 aromatic rings. The molecule has 1 saturated heterocycles. The van der Waals surface area contributed by atoms with E-state index in [1.54, 1.807) is 0 Å². The second-order valence-electron chi connectivity index (χ2n) is 4.29. The van der Waals surface area contributed by atoms with Gasteiger partial charge in [-0.05, 0) is 25.8 Å². The zero-order valence-electron chi connectivity index (χ0n) is 10.7. The first-order valence-electron chi connectivity index (χ1n) is 6.33. The van der Waals surface area contributed by atoms with Gasteiger partial charge in [0.2, 0.25) is 0 Å². The van der Waals surface area contributed by atoms with Crippen LogP contribution < -0.4 is 11.5 Å². The highest BCUT2D eigenvalue weighted by Crippen LogP contribution is 2.07. The van der Waals surface area contributed by atoms with E-state index in [2.05, 4.69) is 11.8 Å². The third kappa shape index (κ3) is 7.79. The predicted molar refractivity (Wildman–Crippen MR) is 68.3 cm³/mol. The van der Waals surface area contributed by atoms with Crippen LogP contribution in [0.15, 0.2) is 0 Å². The molecule has 0 atom stereocenters. The van der Waals surface area contributed by atoms with Crippen molar-refractivity contribution in [3.8, 4) is 0 Å². The van der Waals surface area contributed by atoms with Crippen LogP contribution in [-0.4, -0.2) is 42.9 Å². The summed E-state index contributed by atoms with van der Waals surface area (Å²) in [6, 6.07) is 0.359. The third-order valence-corrected chi connectivity index (χ3v) is 2.72. The fourth-order valence-electron chi connectivity index (χ4n) is 1.47.